The second kappa shape index (κ2) is 8.47. The van der Waals surface area contributed by atoms with Crippen molar-refractivity contribution in [3.05, 3.63) is 39.8 Å². The summed E-state index contributed by atoms with van der Waals surface area (Å²) in [6.07, 6.45) is 3.66. The number of H-pyrrole nitrogens is 1. The van der Waals surface area contributed by atoms with Crippen LogP contribution < -0.4 is 20.3 Å². The Hall–Kier alpha value is -2.48. The zero-order valence-corrected chi connectivity index (χ0v) is 16.4. The fourth-order valence-electron chi connectivity index (χ4n) is 3.02. The van der Waals surface area contributed by atoms with Gasteiger partial charge in [0.05, 0.1) is 25.2 Å². The maximum absolute atomic E-state index is 12.5. The van der Waals surface area contributed by atoms with Gasteiger partial charge in [-0.15, -0.1) is 0 Å². The molecule has 144 valence electrons. The van der Waals surface area contributed by atoms with E-state index in [1.54, 1.807) is 39.3 Å². The maximum atomic E-state index is 12.5. The zero-order chi connectivity index (χ0) is 19.4. The molecule has 1 aromatic heterocycles. The number of carbonyl (C=O) groups excluding carboxylic acids is 1. The van der Waals surface area contributed by atoms with E-state index < -0.39 is 5.25 Å². The number of amides is 1. The number of hydrogen-bond acceptors (Lipinski definition) is 6. The van der Waals surface area contributed by atoms with Gasteiger partial charge in [0.1, 0.15) is 0 Å². The standard InChI is InChI=1S/C19H23N3O4S/c1-11(17(23)20-12-8-9-15(25-2)16(10-12)26-3)27-19-21-14-7-5-4-6-13(14)18(24)22-19/h8-11H,4-7H2,1-3H3,(H,20,23)(H,21,22,24). The van der Waals surface area contributed by atoms with Gasteiger partial charge < -0.3 is 19.8 Å². The Balaban J connectivity index is 1.69. The molecule has 1 amide bonds. The molecule has 0 radical (unpaired) electrons. The number of aromatic nitrogens is 2. The summed E-state index contributed by atoms with van der Waals surface area (Å²) in [4.78, 5) is 32.1. The van der Waals surface area contributed by atoms with Gasteiger partial charge in [-0.2, -0.15) is 0 Å². The van der Waals surface area contributed by atoms with Crippen molar-refractivity contribution >= 4 is 23.4 Å². The second-order valence-electron chi connectivity index (χ2n) is 6.32. The highest BCUT2D eigenvalue weighted by atomic mass is 32.2. The molecule has 1 unspecified atom stereocenters. The molecule has 2 aromatic rings. The Morgan fingerprint density at radius 2 is 1.96 bits per heavy atom. The van der Waals surface area contributed by atoms with Gasteiger partial charge in [-0.05, 0) is 44.7 Å². The molecule has 1 aliphatic rings. The largest absolute Gasteiger partial charge is 0.493 e. The summed E-state index contributed by atoms with van der Waals surface area (Å²) in [6.45, 7) is 1.78. The highest BCUT2D eigenvalue weighted by Crippen LogP contribution is 2.30. The molecule has 0 bridgehead atoms. The summed E-state index contributed by atoms with van der Waals surface area (Å²) in [5.41, 5.74) is 2.17. The molecule has 0 fully saturated rings. The van der Waals surface area contributed by atoms with Gasteiger partial charge in [-0.25, -0.2) is 4.98 Å². The number of aromatic amines is 1. The molecular weight excluding hydrogens is 366 g/mol. The number of aryl methyl sites for hydroxylation is 1. The summed E-state index contributed by atoms with van der Waals surface area (Å²) in [5.74, 6) is 0.942. The molecule has 1 heterocycles. The molecule has 27 heavy (non-hydrogen) atoms. The molecule has 0 spiro atoms. The number of carbonyl (C=O) groups is 1. The zero-order valence-electron chi connectivity index (χ0n) is 15.6. The van der Waals surface area contributed by atoms with Gasteiger partial charge in [-0.1, -0.05) is 11.8 Å². The van der Waals surface area contributed by atoms with Crippen LogP contribution in [0.4, 0.5) is 5.69 Å². The minimum Gasteiger partial charge on any atom is -0.493 e. The third-order valence-corrected chi connectivity index (χ3v) is 5.46. The van der Waals surface area contributed by atoms with Gasteiger partial charge in [0, 0.05) is 17.3 Å². The van der Waals surface area contributed by atoms with Crippen LogP contribution in [0, 0.1) is 0 Å². The molecule has 1 atom stereocenters. The monoisotopic (exact) mass is 389 g/mol. The minimum absolute atomic E-state index is 0.0882. The predicted octanol–water partition coefficient (Wildman–Crippen LogP) is 2.79. The summed E-state index contributed by atoms with van der Waals surface area (Å²) in [7, 11) is 3.10. The summed E-state index contributed by atoms with van der Waals surface area (Å²) in [6, 6.07) is 5.18. The van der Waals surface area contributed by atoms with Crippen LogP contribution in [0.15, 0.2) is 28.2 Å². The number of anilines is 1. The minimum atomic E-state index is -0.428. The number of rotatable bonds is 6. The van der Waals surface area contributed by atoms with Crippen molar-refractivity contribution < 1.29 is 14.3 Å². The van der Waals surface area contributed by atoms with E-state index >= 15 is 0 Å². The van der Waals surface area contributed by atoms with Gasteiger partial charge >= 0.3 is 0 Å². The number of thioether (sulfide) groups is 1. The van der Waals surface area contributed by atoms with E-state index in [-0.39, 0.29) is 11.5 Å². The lowest BCUT2D eigenvalue weighted by Gasteiger charge is -2.16. The van der Waals surface area contributed by atoms with Gasteiger partial charge in [0.15, 0.2) is 16.7 Å². The normalized spacial score (nSPS) is 14.2. The molecule has 3 rings (SSSR count). The highest BCUT2D eigenvalue weighted by molar-refractivity contribution is 8.00. The van der Waals surface area contributed by atoms with Crippen LogP contribution in [0.3, 0.4) is 0 Å². The van der Waals surface area contributed by atoms with E-state index in [2.05, 4.69) is 15.3 Å². The van der Waals surface area contributed by atoms with Crippen LogP contribution in [-0.2, 0) is 17.6 Å². The van der Waals surface area contributed by atoms with Crippen molar-refractivity contribution in [2.75, 3.05) is 19.5 Å². The van der Waals surface area contributed by atoms with Crippen LogP contribution in [0.1, 0.15) is 31.0 Å². The van der Waals surface area contributed by atoms with Gasteiger partial charge in [-0.3, -0.25) is 9.59 Å². The van der Waals surface area contributed by atoms with E-state index in [9.17, 15) is 9.59 Å². The van der Waals surface area contributed by atoms with Crippen LogP contribution in [-0.4, -0.2) is 35.3 Å². The quantitative estimate of drug-likeness (QED) is 0.583. The van der Waals surface area contributed by atoms with Crippen LogP contribution >= 0.6 is 11.8 Å². The Labute approximate surface area is 161 Å². The average molecular weight is 389 g/mol. The van der Waals surface area contributed by atoms with E-state index in [1.807, 2.05) is 0 Å². The number of methoxy groups -OCH3 is 2. The smallest absolute Gasteiger partial charge is 0.254 e. The topological polar surface area (TPSA) is 93.3 Å². The number of benzene rings is 1. The van der Waals surface area contributed by atoms with Crippen LogP contribution in [0.2, 0.25) is 0 Å². The Kier molecular flexibility index (Phi) is 6.05. The molecule has 7 nitrogen and oxygen atoms in total. The molecule has 1 aliphatic carbocycles. The van der Waals surface area contributed by atoms with Crippen molar-refractivity contribution in [1.29, 1.82) is 0 Å². The molecule has 0 aliphatic heterocycles. The van der Waals surface area contributed by atoms with Crippen molar-refractivity contribution in [2.45, 2.75) is 43.0 Å². The lowest BCUT2D eigenvalue weighted by molar-refractivity contribution is -0.115. The van der Waals surface area contributed by atoms with E-state index in [0.717, 1.165) is 36.9 Å². The predicted molar refractivity (Wildman–Crippen MR) is 105 cm³/mol. The lowest BCUT2D eigenvalue weighted by atomic mass is 9.97. The SMILES string of the molecule is COc1ccc(NC(=O)C(C)Sc2nc3c(c(=O)[nH]2)CCCC3)cc1OC. The first kappa shape index (κ1) is 19.3. The first-order valence-corrected chi connectivity index (χ1v) is 9.71. The van der Waals surface area contributed by atoms with Crippen molar-refractivity contribution in [2.24, 2.45) is 0 Å². The molecular formula is C19H23N3O4S. The molecule has 0 saturated heterocycles. The third kappa shape index (κ3) is 4.44. The first-order valence-electron chi connectivity index (χ1n) is 8.83. The van der Waals surface area contributed by atoms with E-state index in [1.165, 1.54) is 11.8 Å². The van der Waals surface area contributed by atoms with E-state index in [0.29, 0.717) is 22.3 Å². The third-order valence-electron chi connectivity index (χ3n) is 4.48. The Bertz CT molecular complexity index is 897. The highest BCUT2D eigenvalue weighted by Gasteiger charge is 2.20. The van der Waals surface area contributed by atoms with Crippen molar-refractivity contribution in [3.8, 4) is 11.5 Å². The second-order valence-corrected chi connectivity index (χ2v) is 7.65. The molecule has 1 aromatic carbocycles. The van der Waals surface area contributed by atoms with Gasteiger partial charge in [0.25, 0.3) is 5.56 Å². The number of hydrogen-bond donors (Lipinski definition) is 2. The van der Waals surface area contributed by atoms with Crippen LogP contribution in [0.5, 0.6) is 11.5 Å². The van der Waals surface area contributed by atoms with Crippen LogP contribution in [0.25, 0.3) is 0 Å². The maximum Gasteiger partial charge on any atom is 0.254 e. The number of fused-ring (bicyclic) bond motifs is 1. The first-order chi connectivity index (χ1) is 13.0. The Morgan fingerprint density at radius 3 is 2.70 bits per heavy atom. The average Bonchev–Trinajstić information content (AvgIpc) is 2.67. The van der Waals surface area contributed by atoms with Crippen molar-refractivity contribution in [1.82, 2.24) is 9.97 Å². The fraction of sp³-hybridized carbons (Fsp3) is 0.421. The number of nitrogens with zero attached hydrogens (tertiary/aromatic N) is 1. The fourth-order valence-corrected chi connectivity index (χ4v) is 3.83. The summed E-state index contributed by atoms with van der Waals surface area (Å²) in [5, 5.41) is 2.90. The molecule has 2 N–H and O–H groups in total. The number of ether oxygens (including phenoxy) is 2. The number of nitrogens with one attached hydrogen (secondary N) is 2. The summed E-state index contributed by atoms with van der Waals surface area (Å²) >= 11 is 1.24. The molecule has 8 heteroatoms. The van der Waals surface area contributed by atoms with Gasteiger partial charge in [0.2, 0.25) is 5.91 Å². The van der Waals surface area contributed by atoms with E-state index in [4.69, 9.17) is 9.47 Å². The lowest BCUT2D eigenvalue weighted by Crippen LogP contribution is -2.25. The van der Waals surface area contributed by atoms with Crippen molar-refractivity contribution in [3.63, 3.8) is 0 Å². The Morgan fingerprint density at radius 1 is 1.22 bits per heavy atom. The summed E-state index contributed by atoms with van der Waals surface area (Å²) < 4.78 is 10.4. The molecule has 0 saturated carbocycles.